The van der Waals surface area contributed by atoms with Crippen LogP contribution in [0.25, 0.3) is 0 Å². The van der Waals surface area contributed by atoms with Crippen LogP contribution in [0.1, 0.15) is 29.3 Å². The molecule has 32 heavy (non-hydrogen) atoms. The van der Waals surface area contributed by atoms with Gasteiger partial charge in [0.05, 0.1) is 23.5 Å². The van der Waals surface area contributed by atoms with Gasteiger partial charge in [0.1, 0.15) is 11.6 Å². The van der Waals surface area contributed by atoms with Crippen molar-refractivity contribution < 1.29 is 31.5 Å². The number of alkyl halides is 3. The molecular weight excluding hydrogens is 437 g/mol. The fraction of sp³-hybridized carbons (Fsp3) is 0.300. The van der Waals surface area contributed by atoms with E-state index >= 15 is 0 Å². The number of rotatable bonds is 5. The first kappa shape index (κ1) is 23.3. The van der Waals surface area contributed by atoms with Gasteiger partial charge in [0, 0.05) is 18.7 Å². The third kappa shape index (κ3) is 4.90. The quantitative estimate of drug-likeness (QED) is 0.361. The summed E-state index contributed by atoms with van der Waals surface area (Å²) >= 11 is 0. The summed E-state index contributed by atoms with van der Waals surface area (Å²) in [5.74, 6) is 2.19. The number of nitrogens with two attached hydrogens (primary N) is 1. The molecule has 1 aliphatic heterocycles. The van der Waals surface area contributed by atoms with Crippen LogP contribution in [0.5, 0.6) is 5.75 Å². The standard InChI is InChI=1S/C20H20F5N5O2/c1-10-8-16(27-9-13(10)21)28-14-6-7-30(11(2)18(14)29-26)19(31)12-4-3-5-15(17(12)22)32-20(23,24)25/h3-5,8-9,11,29H,6-7,26H2,1-2H3,(H,27,28). The molecule has 2 aromatic rings. The third-order valence-corrected chi connectivity index (χ3v) is 4.97. The van der Waals surface area contributed by atoms with Gasteiger partial charge in [0.2, 0.25) is 0 Å². The number of aryl methyl sites for hydroxylation is 1. The second-order valence-electron chi connectivity index (χ2n) is 7.07. The van der Waals surface area contributed by atoms with E-state index in [0.29, 0.717) is 22.8 Å². The molecule has 0 saturated heterocycles. The highest BCUT2D eigenvalue weighted by Crippen LogP contribution is 2.30. The highest BCUT2D eigenvalue weighted by Gasteiger charge is 2.35. The number of nitrogens with one attached hydrogen (secondary N) is 2. The van der Waals surface area contributed by atoms with Crippen LogP contribution in [-0.4, -0.2) is 34.7 Å². The van der Waals surface area contributed by atoms with Crippen LogP contribution >= 0.6 is 0 Å². The van der Waals surface area contributed by atoms with Crippen LogP contribution in [0.15, 0.2) is 41.9 Å². The molecule has 1 aromatic carbocycles. The van der Waals surface area contributed by atoms with Crippen molar-refractivity contribution in [3.05, 3.63) is 64.6 Å². The molecule has 1 aliphatic rings. The van der Waals surface area contributed by atoms with Crippen molar-refractivity contribution in [3.8, 4) is 5.75 Å². The van der Waals surface area contributed by atoms with Crippen molar-refractivity contribution in [1.82, 2.24) is 15.3 Å². The summed E-state index contributed by atoms with van der Waals surface area (Å²) in [6.45, 7) is 3.30. The second-order valence-corrected chi connectivity index (χ2v) is 7.07. The summed E-state index contributed by atoms with van der Waals surface area (Å²) in [5.41, 5.74) is 3.27. The van der Waals surface area contributed by atoms with Crippen LogP contribution in [0.3, 0.4) is 0 Å². The Bertz CT molecular complexity index is 1060. The first-order valence-corrected chi connectivity index (χ1v) is 9.46. The topological polar surface area (TPSA) is 92.5 Å². The molecule has 0 fully saturated rings. The highest BCUT2D eigenvalue weighted by molar-refractivity contribution is 5.95. The molecule has 0 radical (unpaired) electrons. The van der Waals surface area contributed by atoms with Gasteiger partial charge in [-0.05, 0) is 37.6 Å². The van der Waals surface area contributed by atoms with Crippen LogP contribution in [-0.2, 0) is 0 Å². The summed E-state index contributed by atoms with van der Waals surface area (Å²) in [7, 11) is 0. The molecule has 1 atom stereocenters. The first-order valence-electron chi connectivity index (χ1n) is 9.46. The molecule has 1 amide bonds. The SMILES string of the molecule is Cc1cc(NC2=C(NN)C(C)N(C(=O)c3cccc(OC(F)(F)F)c3F)CC2)ncc1F. The largest absolute Gasteiger partial charge is 0.573 e. The van der Waals surface area contributed by atoms with Crippen molar-refractivity contribution in [1.29, 1.82) is 0 Å². The van der Waals surface area contributed by atoms with E-state index < -0.39 is 41.3 Å². The minimum atomic E-state index is -5.10. The average molecular weight is 457 g/mol. The Morgan fingerprint density at radius 3 is 2.66 bits per heavy atom. The monoisotopic (exact) mass is 457 g/mol. The molecule has 0 saturated carbocycles. The van der Waals surface area contributed by atoms with Crippen molar-refractivity contribution in [2.45, 2.75) is 32.7 Å². The van der Waals surface area contributed by atoms with E-state index in [9.17, 15) is 26.7 Å². The molecule has 0 bridgehead atoms. The van der Waals surface area contributed by atoms with Crippen LogP contribution in [0.4, 0.5) is 27.8 Å². The number of amides is 1. The Labute approximate surface area is 180 Å². The number of hydrogen-bond acceptors (Lipinski definition) is 6. The van der Waals surface area contributed by atoms with Gasteiger partial charge in [-0.2, -0.15) is 0 Å². The molecular formula is C20H20F5N5O2. The number of pyridine rings is 1. The van der Waals surface area contributed by atoms with Crippen molar-refractivity contribution in [3.63, 3.8) is 0 Å². The average Bonchev–Trinajstić information content (AvgIpc) is 2.71. The number of benzene rings is 1. The summed E-state index contributed by atoms with van der Waals surface area (Å²) in [4.78, 5) is 18.2. The highest BCUT2D eigenvalue weighted by atomic mass is 19.4. The predicted molar refractivity (Wildman–Crippen MR) is 105 cm³/mol. The fourth-order valence-electron chi connectivity index (χ4n) is 3.38. The van der Waals surface area contributed by atoms with E-state index in [1.165, 1.54) is 11.0 Å². The summed E-state index contributed by atoms with van der Waals surface area (Å²) in [5, 5.41) is 3.03. The fourth-order valence-corrected chi connectivity index (χ4v) is 3.38. The van der Waals surface area contributed by atoms with Crippen molar-refractivity contribution in [2.75, 3.05) is 11.9 Å². The Morgan fingerprint density at radius 2 is 2.03 bits per heavy atom. The maximum absolute atomic E-state index is 14.6. The van der Waals surface area contributed by atoms with Gasteiger partial charge < -0.3 is 20.4 Å². The Hall–Kier alpha value is -3.41. The lowest BCUT2D eigenvalue weighted by Gasteiger charge is -2.37. The first-order chi connectivity index (χ1) is 15.0. The molecule has 3 rings (SSSR count). The van der Waals surface area contributed by atoms with Gasteiger partial charge in [0.15, 0.2) is 11.6 Å². The van der Waals surface area contributed by atoms with E-state index in [1.54, 1.807) is 13.8 Å². The zero-order chi connectivity index (χ0) is 23.6. The number of ether oxygens (including phenoxy) is 1. The lowest BCUT2D eigenvalue weighted by Crippen LogP contribution is -2.49. The normalized spacial score (nSPS) is 16.8. The van der Waals surface area contributed by atoms with Crippen LogP contribution in [0, 0.1) is 18.6 Å². The van der Waals surface area contributed by atoms with Crippen molar-refractivity contribution >= 4 is 11.7 Å². The van der Waals surface area contributed by atoms with Gasteiger partial charge in [-0.25, -0.2) is 13.8 Å². The number of hydrazine groups is 1. The molecule has 1 aromatic heterocycles. The lowest BCUT2D eigenvalue weighted by atomic mass is 10.0. The van der Waals surface area contributed by atoms with E-state index in [1.807, 2.05) is 0 Å². The summed E-state index contributed by atoms with van der Waals surface area (Å²) in [6.07, 6.45) is -3.80. The summed E-state index contributed by atoms with van der Waals surface area (Å²) in [6, 6.07) is 3.77. The second kappa shape index (κ2) is 8.99. The number of hydrogen-bond donors (Lipinski definition) is 3. The molecule has 0 aliphatic carbocycles. The number of carbonyl (C=O) groups is 1. The van der Waals surface area contributed by atoms with E-state index in [4.69, 9.17) is 5.84 Å². The zero-order valence-electron chi connectivity index (χ0n) is 17.1. The maximum atomic E-state index is 14.6. The lowest BCUT2D eigenvalue weighted by molar-refractivity contribution is -0.275. The van der Waals surface area contributed by atoms with Gasteiger partial charge >= 0.3 is 6.36 Å². The van der Waals surface area contributed by atoms with Gasteiger partial charge in [-0.3, -0.25) is 10.6 Å². The number of halogens is 5. The third-order valence-electron chi connectivity index (χ3n) is 4.97. The number of carbonyl (C=O) groups excluding carboxylic acids is 1. The smallest absolute Gasteiger partial charge is 0.403 e. The molecule has 4 N–H and O–H groups in total. The molecule has 0 spiro atoms. The van der Waals surface area contributed by atoms with E-state index in [-0.39, 0.29) is 13.0 Å². The minimum Gasteiger partial charge on any atom is -0.403 e. The van der Waals surface area contributed by atoms with Crippen molar-refractivity contribution in [2.24, 2.45) is 5.84 Å². The van der Waals surface area contributed by atoms with Crippen LogP contribution in [0.2, 0.25) is 0 Å². The Kier molecular flexibility index (Phi) is 6.53. The Morgan fingerprint density at radius 1 is 1.31 bits per heavy atom. The zero-order valence-corrected chi connectivity index (χ0v) is 17.1. The molecule has 7 nitrogen and oxygen atoms in total. The molecule has 2 heterocycles. The number of nitrogens with zero attached hydrogens (tertiary/aromatic N) is 2. The van der Waals surface area contributed by atoms with Gasteiger partial charge in [-0.15, -0.1) is 13.2 Å². The van der Waals surface area contributed by atoms with Gasteiger partial charge in [-0.1, -0.05) is 6.07 Å². The molecule has 172 valence electrons. The number of anilines is 1. The Balaban J connectivity index is 1.86. The van der Waals surface area contributed by atoms with E-state index in [2.05, 4.69) is 20.5 Å². The minimum absolute atomic E-state index is 0.109. The molecule has 12 heteroatoms. The summed E-state index contributed by atoms with van der Waals surface area (Å²) < 4.78 is 69.2. The predicted octanol–water partition coefficient (Wildman–Crippen LogP) is 3.59. The van der Waals surface area contributed by atoms with Crippen LogP contribution < -0.4 is 21.3 Å². The van der Waals surface area contributed by atoms with Gasteiger partial charge in [0.25, 0.3) is 5.91 Å². The van der Waals surface area contributed by atoms with E-state index in [0.717, 1.165) is 24.4 Å². The molecule has 1 unspecified atom stereocenters. The maximum Gasteiger partial charge on any atom is 0.573 e. The number of aromatic nitrogens is 1.